The minimum Gasteiger partial charge on any atom is -0.352 e. The summed E-state index contributed by atoms with van der Waals surface area (Å²) in [5, 5.41) is 2.98. The number of rotatable bonds is 7. The number of unbranched alkanes of at least 4 members (excludes halogenated alkanes) is 1. The first-order chi connectivity index (χ1) is 12.8. The van der Waals surface area contributed by atoms with Gasteiger partial charge in [-0.05, 0) is 56.6 Å². The summed E-state index contributed by atoms with van der Waals surface area (Å²) in [6.45, 7) is 6.72. The van der Waals surface area contributed by atoms with E-state index in [1.54, 1.807) is 12.1 Å². The number of anilines is 1. The Hall–Kier alpha value is -1.64. The Kier molecular flexibility index (Phi) is 6.39. The van der Waals surface area contributed by atoms with Gasteiger partial charge in [-0.3, -0.25) is 9.10 Å². The molecule has 0 saturated carbocycles. The van der Waals surface area contributed by atoms with Crippen molar-refractivity contribution in [2.75, 3.05) is 63.4 Å². The molecule has 0 aromatic heterocycles. The molecule has 8 heteroatoms. The number of likely N-dealkylation sites (N-methyl/N-ethyl adjacent to an activating group) is 1. The summed E-state index contributed by atoms with van der Waals surface area (Å²) in [6, 6.07) is 5.27. The lowest BCUT2D eigenvalue weighted by molar-refractivity contribution is 0.0952. The van der Waals surface area contributed by atoms with Crippen LogP contribution in [0.3, 0.4) is 0 Å². The Balaban J connectivity index is 1.43. The van der Waals surface area contributed by atoms with Crippen molar-refractivity contribution in [3.8, 4) is 0 Å². The molecule has 2 aliphatic heterocycles. The van der Waals surface area contributed by atoms with Crippen molar-refractivity contribution in [3.63, 3.8) is 0 Å². The van der Waals surface area contributed by atoms with E-state index in [2.05, 4.69) is 22.2 Å². The fourth-order valence-electron chi connectivity index (χ4n) is 3.69. The molecule has 0 aliphatic carbocycles. The zero-order valence-corrected chi connectivity index (χ0v) is 17.1. The quantitative estimate of drug-likeness (QED) is 0.692. The number of piperazine rings is 1. The van der Waals surface area contributed by atoms with Gasteiger partial charge < -0.3 is 15.1 Å². The summed E-state index contributed by atoms with van der Waals surface area (Å²) < 4.78 is 25.0. The second-order valence-corrected chi connectivity index (χ2v) is 9.44. The topological polar surface area (TPSA) is 73.0 Å². The van der Waals surface area contributed by atoms with Gasteiger partial charge in [-0.25, -0.2) is 8.42 Å². The van der Waals surface area contributed by atoms with Gasteiger partial charge in [-0.15, -0.1) is 0 Å². The highest BCUT2D eigenvalue weighted by Crippen LogP contribution is 2.30. The first-order valence-electron chi connectivity index (χ1n) is 9.64. The molecule has 1 amide bonds. The van der Waals surface area contributed by atoms with Crippen LogP contribution in [0.15, 0.2) is 18.2 Å². The number of nitrogens with one attached hydrogen (secondary N) is 1. The van der Waals surface area contributed by atoms with Gasteiger partial charge in [0.05, 0.1) is 11.9 Å². The zero-order chi connectivity index (χ0) is 19.4. The Bertz CT molecular complexity index is 773. The van der Waals surface area contributed by atoms with Crippen LogP contribution >= 0.6 is 0 Å². The molecule has 1 fully saturated rings. The van der Waals surface area contributed by atoms with Crippen LogP contribution in [0.5, 0.6) is 0 Å². The number of benzene rings is 1. The van der Waals surface area contributed by atoms with Gasteiger partial charge in [0, 0.05) is 44.8 Å². The molecule has 1 aromatic carbocycles. The second-order valence-electron chi connectivity index (χ2n) is 7.54. The van der Waals surface area contributed by atoms with Crippen LogP contribution in [0.4, 0.5) is 5.69 Å². The first-order valence-corrected chi connectivity index (χ1v) is 11.5. The fraction of sp³-hybridized carbons (Fsp3) is 0.632. The van der Waals surface area contributed by atoms with Crippen molar-refractivity contribution >= 4 is 21.6 Å². The van der Waals surface area contributed by atoms with E-state index < -0.39 is 10.0 Å². The largest absolute Gasteiger partial charge is 0.352 e. The van der Waals surface area contributed by atoms with Crippen molar-refractivity contribution < 1.29 is 13.2 Å². The maximum absolute atomic E-state index is 12.4. The number of hydrogen-bond acceptors (Lipinski definition) is 5. The van der Waals surface area contributed by atoms with Crippen LogP contribution in [0.2, 0.25) is 0 Å². The van der Waals surface area contributed by atoms with Gasteiger partial charge in [-0.1, -0.05) is 0 Å². The van der Waals surface area contributed by atoms with Crippen LogP contribution in [-0.4, -0.2) is 83.2 Å². The predicted octanol–water partition coefficient (Wildman–Crippen LogP) is 0.766. The molecule has 7 nitrogen and oxygen atoms in total. The van der Waals surface area contributed by atoms with E-state index in [0.29, 0.717) is 30.8 Å². The Morgan fingerprint density at radius 3 is 2.56 bits per heavy atom. The molecule has 0 atom stereocenters. The van der Waals surface area contributed by atoms with Crippen molar-refractivity contribution in [1.29, 1.82) is 0 Å². The highest BCUT2D eigenvalue weighted by molar-refractivity contribution is 7.92. The molecular weight excluding hydrogens is 364 g/mol. The van der Waals surface area contributed by atoms with Crippen molar-refractivity contribution in [3.05, 3.63) is 29.3 Å². The van der Waals surface area contributed by atoms with E-state index in [-0.39, 0.29) is 5.91 Å². The lowest BCUT2D eigenvalue weighted by Gasteiger charge is -2.32. The molecule has 3 rings (SSSR count). The molecule has 1 saturated heterocycles. The summed E-state index contributed by atoms with van der Waals surface area (Å²) in [5.41, 5.74) is 2.22. The number of sulfonamides is 1. The van der Waals surface area contributed by atoms with Gasteiger partial charge in [0.1, 0.15) is 0 Å². The maximum atomic E-state index is 12.4. The number of amides is 1. The molecule has 2 aliphatic rings. The molecule has 2 heterocycles. The monoisotopic (exact) mass is 394 g/mol. The highest BCUT2D eigenvalue weighted by atomic mass is 32.2. The van der Waals surface area contributed by atoms with E-state index in [1.165, 1.54) is 10.6 Å². The maximum Gasteiger partial charge on any atom is 0.251 e. The van der Waals surface area contributed by atoms with Crippen LogP contribution in [0, 0.1) is 0 Å². The third-order valence-corrected chi connectivity index (χ3v) is 6.56. The normalized spacial score (nSPS) is 18.5. The van der Waals surface area contributed by atoms with Crippen molar-refractivity contribution in [2.24, 2.45) is 0 Å². The number of carbonyl (C=O) groups excluding carboxylic acids is 1. The number of nitrogens with zero attached hydrogens (tertiary/aromatic N) is 3. The Labute approximate surface area is 162 Å². The zero-order valence-electron chi connectivity index (χ0n) is 16.3. The van der Waals surface area contributed by atoms with Gasteiger partial charge in [-0.2, -0.15) is 0 Å². The van der Waals surface area contributed by atoms with Gasteiger partial charge in [0.2, 0.25) is 10.0 Å². The molecule has 0 unspecified atom stereocenters. The van der Waals surface area contributed by atoms with E-state index in [4.69, 9.17) is 0 Å². The van der Waals surface area contributed by atoms with Crippen molar-refractivity contribution in [1.82, 2.24) is 15.1 Å². The molecule has 1 aromatic rings. The molecular formula is C19H30N4O3S. The molecule has 27 heavy (non-hydrogen) atoms. The average molecular weight is 395 g/mol. The standard InChI is InChI=1S/C19H30N4O3S/c1-21-11-13-22(14-12-21)9-4-3-8-20-19(24)17-5-6-18-16(15-17)7-10-23(18)27(2,25)26/h5-6,15H,3-4,7-14H2,1-2H3,(H,20,24). The fourth-order valence-corrected chi connectivity index (χ4v) is 4.65. The van der Waals surface area contributed by atoms with E-state index in [0.717, 1.165) is 51.1 Å². The molecule has 0 spiro atoms. The van der Waals surface area contributed by atoms with Crippen molar-refractivity contribution in [2.45, 2.75) is 19.3 Å². The first kappa shape index (κ1) is 20.1. The van der Waals surface area contributed by atoms with E-state index >= 15 is 0 Å². The highest BCUT2D eigenvalue weighted by Gasteiger charge is 2.26. The van der Waals surface area contributed by atoms with E-state index in [9.17, 15) is 13.2 Å². The van der Waals surface area contributed by atoms with Crippen LogP contribution in [-0.2, 0) is 16.4 Å². The number of carbonyl (C=O) groups is 1. The molecule has 0 radical (unpaired) electrons. The van der Waals surface area contributed by atoms with Crippen LogP contribution < -0.4 is 9.62 Å². The third kappa shape index (κ3) is 5.21. The minimum absolute atomic E-state index is 0.0878. The Morgan fingerprint density at radius 1 is 1.11 bits per heavy atom. The van der Waals surface area contributed by atoms with Gasteiger partial charge in [0.15, 0.2) is 0 Å². The summed E-state index contributed by atoms with van der Waals surface area (Å²) in [6.07, 6.45) is 3.90. The lowest BCUT2D eigenvalue weighted by Crippen LogP contribution is -2.44. The van der Waals surface area contributed by atoms with Gasteiger partial charge in [0.25, 0.3) is 5.91 Å². The summed E-state index contributed by atoms with van der Waals surface area (Å²) in [4.78, 5) is 17.2. The second kappa shape index (κ2) is 8.58. The molecule has 0 bridgehead atoms. The number of hydrogen-bond donors (Lipinski definition) is 1. The molecule has 150 valence electrons. The predicted molar refractivity (Wildman–Crippen MR) is 108 cm³/mol. The van der Waals surface area contributed by atoms with E-state index in [1.807, 2.05) is 6.07 Å². The van der Waals surface area contributed by atoms with Crippen LogP contribution in [0.1, 0.15) is 28.8 Å². The summed E-state index contributed by atoms with van der Waals surface area (Å²) in [5.74, 6) is -0.0878. The Morgan fingerprint density at radius 2 is 1.85 bits per heavy atom. The average Bonchev–Trinajstić information content (AvgIpc) is 3.06. The SMILES string of the molecule is CN1CCN(CCCCNC(=O)c2ccc3c(c2)CCN3S(C)(=O)=O)CC1. The van der Waals surface area contributed by atoms with Gasteiger partial charge >= 0.3 is 0 Å². The third-order valence-electron chi connectivity index (χ3n) is 5.38. The number of fused-ring (bicyclic) bond motifs is 1. The molecule has 1 N–H and O–H groups in total. The smallest absolute Gasteiger partial charge is 0.251 e. The minimum atomic E-state index is -3.26. The summed E-state index contributed by atoms with van der Waals surface area (Å²) >= 11 is 0. The van der Waals surface area contributed by atoms with Crippen LogP contribution in [0.25, 0.3) is 0 Å². The summed E-state index contributed by atoms with van der Waals surface area (Å²) in [7, 11) is -1.10. The lowest BCUT2D eigenvalue weighted by atomic mass is 10.1.